The molecule has 1 aromatic heterocycles. The number of para-hydroxylation sites is 1. The van der Waals surface area contributed by atoms with Gasteiger partial charge < -0.3 is 14.6 Å². The first-order valence-electron chi connectivity index (χ1n) is 11.9. The highest BCUT2D eigenvalue weighted by molar-refractivity contribution is 7.80. The van der Waals surface area contributed by atoms with Crippen LogP contribution in [0, 0.1) is 6.92 Å². The van der Waals surface area contributed by atoms with Crippen molar-refractivity contribution in [1.29, 1.82) is 0 Å². The fourth-order valence-electron chi connectivity index (χ4n) is 4.04. The zero-order chi connectivity index (χ0) is 24.6. The fourth-order valence-corrected chi connectivity index (χ4v) is 4.16. The Bertz CT molecular complexity index is 1310. The van der Waals surface area contributed by atoms with Gasteiger partial charge in [0.25, 0.3) is 0 Å². The van der Waals surface area contributed by atoms with Crippen LogP contribution in [-0.4, -0.2) is 22.5 Å². The minimum atomic E-state index is 0.418. The van der Waals surface area contributed by atoms with Crippen LogP contribution < -0.4 is 15.5 Å². The lowest BCUT2D eigenvalue weighted by Crippen LogP contribution is -2.31. The van der Waals surface area contributed by atoms with Crippen molar-refractivity contribution in [3.63, 3.8) is 0 Å². The van der Waals surface area contributed by atoms with Gasteiger partial charge in [0, 0.05) is 29.2 Å². The number of ether oxygens (including phenoxy) is 1. The van der Waals surface area contributed by atoms with Crippen LogP contribution in [0.15, 0.2) is 84.1 Å². The molecule has 0 bridgehead atoms. The van der Waals surface area contributed by atoms with E-state index in [2.05, 4.69) is 95.9 Å². The molecule has 0 saturated heterocycles. The number of hydrogen-bond donors (Lipinski definition) is 2. The Balaban J connectivity index is 1.39. The molecule has 0 atom stereocenters. The molecular weight excluding hydrogens is 452 g/mol. The lowest BCUT2D eigenvalue weighted by atomic mass is 10.0. The summed E-state index contributed by atoms with van der Waals surface area (Å²) in [5, 5.41) is 9.16. The molecule has 5 nitrogen and oxygen atoms in total. The summed E-state index contributed by atoms with van der Waals surface area (Å²) in [6, 6.07) is 24.9. The maximum absolute atomic E-state index is 6.23. The molecule has 1 heterocycles. The number of thiocarbonyl (C=S) groups is 1. The Kier molecular flexibility index (Phi) is 8.16. The van der Waals surface area contributed by atoms with Gasteiger partial charge in [-0.25, -0.2) is 0 Å². The zero-order valence-electron chi connectivity index (χ0n) is 20.5. The normalized spacial score (nSPS) is 11.3. The van der Waals surface area contributed by atoms with E-state index in [1.165, 1.54) is 11.1 Å². The van der Waals surface area contributed by atoms with Gasteiger partial charge in [-0.1, -0.05) is 74.5 Å². The van der Waals surface area contributed by atoms with Gasteiger partial charge >= 0.3 is 0 Å². The second kappa shape index (κ2) is 11.7. The van der Waals surface area contributed by atoms with Gasteiger partial charge in [-0.15, -0.1) is 0 Å². The molecule has 2 N–H and O–H groups in total. The molecule has 4 rings (SSSR count). The van der Waals surface area contributed by atoms with Gasteiger partial charge in [0.2, 0.25) is 0 Å². The van der Waals surface area contributed by atoms with Crippen LogP contribution in [-0.2, 0) is 13.1 Å². The molecule has 4 aromatic rings. The van der Waals surface area contributed by atoms with Crippen molar-refractivity contribution in [2.24, 2.45) is 5.10 Å². The van der Waals surface area contributed by atoms with Gasteiger partial charge in [-0.2, -0.15) is 5.10 Å². The number of aryl methyl sites for hydroxylation is 1. The van der Waals surface area contributed by atoms with Crippen LogP contribution in [0.3, 0.4) is 0 Å². The Morgan fingerprint density at radius 1 is 1.06 bits per heavy atom. The summed E-state index contributed by atoms with van der Waals surface area (Å²) in [6.45, 7) is 8.47. The second-order valence-electron chi connectivity index (χ2n) is 8.88. The summed E-state index contributed by atoms with van der Waals surface area (Å²) in [5.41, 5.74) is 8.70. The summed E-state index contributed by atoms with van der Waals surface area (Å²) in [4.78, 5) is 0. The topological polar surface area (TPSA) is 50.6 Å². The molecule has 0 amide bonds. The van der Waals surface area contributed by atoms with E-state index in [1.807, 2.05) is 30.5 Å². The monoisotopic (exact) mass is 484 g/mol. The average molecular weight is 485 g/mol. The summed E-state index contributed by atoms with van der Waals surface area (Å²) < 4.78 is 8.44. The molecular formula is C29H32N4OS. The molecule has 0 aliphatic heterocycles. The Morgan fingerprint density at radius 2 is 1.83 bits per heavy atom. The van der Waals surface area contributed by atoms with Crippen molar-refractivity contribution in [1.82, 2.24) is 15.3 Å². The smallest absolute Gasteiger partial charge is 0.187 e. The van der Waals surface area contributed by atoms with Gasteiger partial charge in [-0.05, 0) is 53.9 Å². The third-order valence-corrected chi connectivity index (χ3v) is 6.10. The van der Waals surface area contributed by atoms with Gasteiger partial charge in [0.05, 0.1) is 12.8 Å². The number of nitrogens with zero attached hydrogens (tertiary/aromatic N) is 2. The van der Waals surface area contributed by atoms with Crippen molar-refractivity contribution in [3.8, 4) is 5.75 Å². The predicted octanol–water partition coefficient (Wildman–Crippen LogP) is 6.15. The molecule has 35 heavy (non-hydrogen) atoms. The highest BCUT2D eigenvalue weighted by Crippen LogP contribution is 2.28. The Labute approximate surface area is 212 Å². The maximum atomic E-state index is 6.23. The average Bonchev–Trinajstić information content (AvgIpc) is 3.21. The van der Waals surface area contributed by atoms with Crippen LogP contribution in [0.5, 0.6) is 5.75 Å². The van der Waals surface area contributed by atoms with E-state index in [9.17, 15) is 0 Å². The van der Waals surface area contributed by atoms with Gasteiger partial charge in [0.1, 0.15) is 12.4 Å². The van der Waals surface area contributed by atoms with E-state index in [1.54, 1.807) is 0 Å². The van der Waals surface area contributed by atoms with Crippen molar-refractivity contribution in [3.05, 3.63) is 101 Å². The molecule has 0 spiro atoms. The van der Waals surface area contributed by atoms with E-state index in [0.29, 0.717) is 24.2 Å². The summed E-state index contributed by atoms with van der Waals surface area (Å²) in [6.07, 6.45) is 3.92. The third kappa shape index (κ3) is 6.49. The predicted molar refractivity (Wildman–Crippen MR) is 149 cm³/mol. The first kappa shape index (κ1) is 24.5. The number of hydrogen-bond acceptors (Lipinski definition) is 3. The molecule has 0 saturated carbocycles. The number of rotatable bonds is 9. The SMILES string of the molecule is Cc1ccc(C(C)C)c(OCCn2cc(/C=N\NC(=S)NCc3ccccc3)c3ccccc32)c1. The molecule has 0 unspecified atom stereocenters. The van der Waals surface area contributed by atoms with E-state index in [-0.39, 0.29) is 0 Å². The Morgan fingerprint density at radius 3 is 2.63 bits per heavy atom. The van der Waals surface area contributed by atoms with Gasteiger partial charge in [-0.3, -0.25) is 5.43 Å². The van der Waals surface area contributed by atoms with E-state index >= 15 is 0 Å². The minimum absolute atomic E-state index is 0.418. The molecule has 0 aliphatic carbocycles. The summed E-state index contributed by atoms with van der Waals surface area (Å²) in [7, 11) is 0. The highest BCUT2D eigenvalue weighted by atomic mass is 32.1. The molecule has 180 valence electrons. The second-order valence-corrected chi connectivity index (χ2v) is 9.29. The van der Waals surface area contributed by atoms with Crippen molar-refractivity contribution < 1.29 is 4.74 Å². The van der Waals surface area contributed by atoms with Crippen LogP contribution >= 0.6 is 12.2 Å². The standard InChI is InChI=1S/C29H32N4OS/c1-21(2)25-14-13-22(3)17-28(25)34-16-15-33-20-24(26-11-7-8-12-27(26)33)19-31-32-29(35)30-18-23-9-5-4-6-10-23/h4-14,17,19-21H,15-16,18H2,1-3H3,(H2,30,32,35)/b31-19-. The molecule has 3 aromatic carbocycles. The third-order valence-electron chi connectivity index (χ3n) is 5.87. The summed E-state index contributed by atoms with van der Waals surface area (Å²) >= 11 is 5.35. The van der Waals surface area contributed by atoms with E-state index < -0.39 is 0 Å². The summed E-state index contributed by atoms with van der Waals surface area (Å²) in [5.74, 6) is 1.39. The molecule has 0 aliphatic rings. The number of aromatic nitrogens is 1. The quantitative estimate of drug-likeness (QED) is 0.170. The number of benzene rings is 3. The fraction of sp³-hybridized carbons (Fsp3) is 0.241. The number of fused-ring (bicyclic) bond motifs is 1. The number of nitrogens with one attached hydrogen (secondary N) is 2. The lowest BCUT2D eigenvalue weighted by Gasteiger charge is -2.15. The zero-order valence-corrected chi connectivity index (χ0v) is 21.3. The van der Waals surface area contributed by atoms with E-state index in [4.69, 9.17) is 17.0 Å². The van der Waals surface area contributed by atoms with Crippen LogP contribution in [0.25, 0.3) is 10.9 Å². The maximum Gasteiger partial charge on any atom is 0.187 e. The van der Waals surface area contributed by atoms with Crippen molar-refractivity contribution in [2.75, 3.05) is 6.61 Å². The lowest BCUT2D eigenvalue weighted by molar-refractivity contribution is 0.296. The van der Waals surface area contributed by atoms with Gasteiger partial charge in [0.15, 0.2) is 5.11 Å². The number of hydrazone groups is 1. The first-order valence-corrected chi connectivity index (χ1v) is 12.3. The molecule has 0 fully saturated rings. The van der Waals surface area contributed by atoms with Crippen LogP contribution in [0.2, 0.25) is 0 Å². The van der Waals surface area contributed by atoms with Crippen molar-refractivity contribution in [2.45, 2.75) is 39.8 Å². The first-order chi connectivity index (χ1) is 17.0. The van der Waals surface area contributed by atoms with Crippen LogP contribution in [0.1, 0.15) is 42.0 Å². The highest BCUT2D eigenvalue weighted by Gasteiger charge is 2.10. The molecule has 6 heteroatoms. The molecule has 0 radical (unpaired) electrons. The Hall–Kier alpha value is -3.64. The minimum Gasteiger partial charge on any atom is -0.491 e. The van der Waals surface area contributed by atoms with Crippen molar-refractivity contribution >= 4 is 34.4 Å². The van der Waals surface area contributed by atoms with Crippen LogP contribution in [0.4, 0.5) is 0 Å². The largest absolute Gasteiger partial charge is 0.491 e. The van der Waals surface area contributed by atoms with E-state index in [0.717, 1.165) is 34.3 Å².